The summed E-state index contributed by atoms with van der Waals surface area (Å²) in [6, 6.07) is 4.39. The molecule has 1 saturated heterocycles. The van der Waals surface area contributed by atoms with Crippen molar-refractivity contribution in [1.29, 1.82) is 0 Å². The summed E-state index contributed by atoms with van der Waals surface area (Å²) in [7, 11) is 0. The van der Waals surface area contributed by atoms with Crippen molar-refractivity contribution in [3.05, 3.63) is 39.4 Å². The third kappa shape index (κ3) is 3.12. The SMILES string of the molecule is Cc1cc([N+](=O)[O-])ccc1C(=O)N1CCC(Br)CC1. The number of aryl methyl sites for hydroxylation is 1. The van der Waals surface area contributed by atoms with E-state index in [2.05, 4.69) is 15.9 Å². The first-order valence-corrected chi connectivity index (χ1v) is 7.09. The van der Waals surface area contributed by atoms with E-state index >= 15 is 0 Å². The van der Waals surface area contributed by atoms with Crippen LogP contribution in [0, 0.1) is 17.0 Å². The molecule has 102 valence electrons. The molecule has 0 saturated carbocycles. The van der Waals surface area contributed by atoms with Crippen LogP contribution >= 0.6 is 15.9 Å². The highest BCUT2D eigenvalue weighted by Crippen LogP contribution is 2.22. The topological polar surface area (TPSA) is 63.5 Å². The zero-order chi connectivity index (χ0) is 14.0. The number of piperidine rings is 1. The van der Waals surface area contributed by atoms with Crippen LogP contribution in [0.25, 0.3) is 0 Å². The highest BCUT2D eigenvalue weighted by Gasteiger charge is 2.23. The number of hydrogen-bond donors (Lipinski definition) is 0. The smallest absolute Gasteiger partial charge is 0.269 e. The standard InChI is InChI=1S/C13H15BrN2O3/c1-9-8-11(16(18)19)2-3-12(9)13(17)15-6-4-10(14)5-7-15/h2-3,8,10H,4-7H2,1H3. The van der Waals surface area contributed by atoms with Crippen molar-refractivity contribution in [2.75, 3.05) is 13.1 Å². The van der Waals surface area contributed by atoms with Gasteiger partial charge in [-0.1, -0.05) is 15.9 Å². The summed E-state index contributed by atoms with van der Waals surface area (Å²) in [4.78, 5) is 24.9. The summed E-state index contributed by atoms with van der Waals surface area (Å²) in [6.45, 7) is 3.19. The summed E-state index contributed by atoms with van der Waals surface area (Å²) in [5, 5.41) is 10.7. The van der Waals surface area contributed by atoms with Gasteiger partial charge in [-0.25, -0.2) is 0 Å². The number of rotatable bonds is 2. The number of non-ortho nitro benzene ring substituents is 1. The van der Waals surface area contributed by atoms with Gasteiger partial charge in [0.15, 0.2) is 0 Å². The van der Waals surface area contributed by atoms with Crippen molar-refractivity contribution in [3.63, 3.8) is 0 Å². The lowest BCUT2D eigenvalue weighted by Gasteiger charge is -2.29. The second kappa shape index (κ2) is 5.69. The van der Waals surface area contributed by atoms with Crippen LogP contribution in [0.4, 0.5) is 5.69 Å². The highest BCUT2D eigenvalue weighted by atomic mass is 79.9. The number of amides is 1. The molecule has 1 amide bonds. The average Bonchev–Trinajstić information content (AvgIpc) is 2.38. The lowest BCUT2D eigenvalue weighted by molar-refractivity contribution is -0.384. The fourth-order valence-electron chi connectivity index (χ4n) is 2.22. The summed E-state index contributed by atoms with van der Waals surface area (Å²) in [5.41, 5.74) is 1.23. The van der Waals surface area contributed by atoms with Gasteiger partial charge in [0, 0.05) is 35.6 Å². The normalized spacial score (nSPS) is 16.4. The van der Waals surface area contributed by atoms with E-state index in [1.807, 2.05) is 4.90 Å². The number of nitro benzene ring substituents is 1. The molecule has 6 heteroatoms. The first-order chi connectivity index (χ1) is 8.99. The number of alkyl halides is 1. The van der Waals surface area contributed by atoms with Gasteiger partial charge in [-0.15, -0.1) is 0 Å². The highest BCUT2D eigenvalue weighted by molar-refractivity contribution is 9.09. The molecule has 1 aliphatic heterocycles. The minimum Gasteiger partial charge on any atom is -0.339 e. The third-order valence-corrected chi connectivity index (χ3v) is 4.28. The van der Waals surface area contributed by atoms with Gasteiger partial charge in [-0.3, -0.25) is 14.9 Å². The number of nitrogens with zero attached hydrogens (tertiary/aromatic N) is 2. The van der Waals surface area contributed by atoms with Gasteiger partial charge in [0.25, 0.3) is 11.6 Å². The summed E-state index contributed by atoms with van der Waals surface area (Å²) >= 11 is 3.55. The Morgan fingerprint density at radius 2 is 2.05 bits per heavy atom. The molecule has 0 spiro atoms. The van der Waals surface area contributed by atoms with Crippen molar-refractivity contribution < 1.29 is 9.72 Å². The fourth-order valence-corrected chi connectivity index (χ4v) is 2.63. The summed E-state index contributed by atoms with van der Waals surface area (Å²) in [6.07, 6.45) is 1.88. The van der Waals surface area contributed by atoms with Crippen LogP contribution in [0.2, 0.25) is 0 Å². The lowest BCUT2D eigenvalue weighted by atomic mass is 10.0. The van der Waals surface area contributed by atoms with Gasteiger partial charge in [0.1, 0.15) is 0 Å². The van der Waals surface area contributed by atoms with Crippen LogP contribution in [0.15, 0.2) is 18.2 Å². The van der Waals surface area contributed by atoms with E-state index in [0.717, 1.165) is 25.9 Å². The first kappa shape index (κ1) is 14.0. The third-order valence-electron chi connectivity index (χ3n) is 3.36. The number of likely N-dealkylation sites (tertiary alicyclic amines) is 1. The monoisotopic (exact) mass is 326 g/mol. The Kier molecular flexibility index (Phi) is 4.19. The first-order valence-electron chi connectivity index (χ1n) is 6.17. The molecule has 1 aliphatic rings. The lowest BCUT2D eigenvalue weighted by Crippen LogP contribution is -2.38. The molecule has 1 aromatic carbocycles. The Bertz CT molecular complexity index is 511. The molecule has 0 unspecified atom stereocenters. The van der Waals surface area contributed by atoms with Gasteiger partial charge in [0.05, 0.1) is 4.92 Å². The van der Waals surface area contributed by atoms with Crippen molar-refractivity contribution >= 4 is 27.5 Å². The molecule has 5 nitrogen and oxygen atoms in total. The molecular formula is C13H15BrN2O3. The van der Waals surface area contributed by atoms with Gasteiger partial charge >= 0.3 is 0 Å². The minimum atomic E-state index is -0.447. The second-order valence-corrected chi connectivity index (χ2v) is 6.02. The van der Waals surface area contributed by atoms with E-state index in [-0.39, 0.29) is 11.6 Å². The van der Waals surface area contributed by atoms with E-state index < -0.39 is 4.92 Å². The molecule has 0 N–H and O–H groups in total. The van der Waals surface area contributed by atoms with Gasteiger partial charge in [0.2, 0.25) is 0 Å². The van der Waals surface area contributed by atoms with Crippen LogP contribution in [0.5, 0.6) is 0 Å². The van der Waals surface area contributed by atoms with E-state index in [1.54, 1.807) is 13.0 Å². The van der Waals surface area contributed by atoms with Crippen LogP contribution in [0.1, 0.15) is 28.8 Å². The van der Waals surface area contributed by atoms with Crippen molar-refractivity contribution in [3.8, 4) is 0 Å². The van der Waals surface area contributed by atoms with Crippen LogP contribution in [-0.2, 0) is 0 Å². The van der Waals surface area contributed by atoms with Gasteiger partial charge < -0.3 is 4.90 Å². The van der Waals surface area contributed by atoms with Crippen LogP contribution in [0.3, 0.4) is 0 Å². The molecule has 0 bridgehead atoms. The van der Waals surface area contributed by atoms with Gasteiger partial charge in [-0.05, 0) is 31.4 Å². The zero-order valence-electron chi connectivity index (χ0n) is 10.6. The van der Waals surface area contributed by atoms with E-state index in [0.29, 0.717) is 16.0 Å². The van der Waals surface area contributed by atoms with Crippen molar-refractivity contribution in [2.45, 2.75) is 24.6 Å². The van der Waals surface area contributed by atoms with E-state index in [4.69, 9.17) is 0 Å². The van der Waals surface area contributed by atoms with Crippen LogP contribution in [-0.4, -0.2) is 33.6 Å². The molecule has 0 radical (unpaired) electrons. The number of carbonyl (C=O) groups excluding carboxylic acids is 1. The number of carbonyl (C=O) groups is 1. The van der Waals surface area contributed by atoms with E-state index in [1.165, 1.54) is 12.1 Å². The molecule has 0 aliphatic carbocycles. The molecule has 1 heterocycles. The quantitative estimate of drug-likeness (QED) is 0.477. The van der Waals surface area contributed by atoms with Crippen molar-refractivity contribution in [1.82, 2.24) is 4.90 Å². The molecule has 0 aromatic heterocycles. The number of nitro groups is 1. The van der Waals surface area contributed by atoms with Gasteiger partial charge in [-0.2, -0.15) is 0 Å². The summed E-state index contributed by atoms with van der Waals surface area (Å²) < 4.78 is 0. The predicted octanol–water partition coefficient (Wildman–Crippen LogP) is 2.90. The summed E-state index contributed by atoms with van der Waals surface area (Å²) in [5.74, 6) is -0.0354. The fraction of sp³-hybridized carbons (Fsp3) is 0.462. The molecule has 1 fully saturated rings. The largest absolute Gasteiger partial charge is 0.339 e. The molecule has 2 rings (SSSR count). The maximum Gasteiger partial charge on any atom is 0.269 e. The molecular weight excluding hydrogens is 312 g/mol. The minimum absolute atomic E-state index is 0.0215. The number of halogens is 1. The number of hydrogen-bond acceptors (Lipinski definition) is 3. The Labute approximate surface area is 119 Å². The average molecular weight is 327 g/mol. The number of benzene rings is 1. The Balaban J connectivity index is 2.17. The Morgan fingerprint density at radius 3 is 2.58 bits per heavy atom. The molecule has 1 aromatic rings. The molecule has 0 atom stereocenters. The Morgan fingerprint density at radius 1 is 1.42 bits per heavy atom. The predicted molar refractivity (Wildman–Crippen MR) is 75.7 cm³/mol. The maximum absolute atomic E-state index is 12.3. The molecule has 19 heavy (non-hydrogen) atoms. The zero-order valence-corrected chi connectivity index (χ0v) is 12.2. The maximum atomic E-state index is 12.3. The van der Waals surface area contributed by atoms with E-state index in [9.17, 15) is 14.9 Å². The second-order valence-electron chi connectivity index (χ2n) is 4.72. The van der Waals surface area contributed by atoms with Crippen LogP contribution < -0.4 is 0 Å². The Hall–Kier alpha value is -1.43. The van der Waals surface area contributed by atoms with Crippen molar-refractivity contribution in [2.24, 2.45) is 0 Å².